The number of rotatable bonds is 6. The molecule has 2 atom stereocenters. The summed E-state index contributed by atoms with van der Waals surface area (Å²) in [5.41, 5.74) is 3.60. The molecule has 2 aromatic rings. The van der Waals surface area contributed by atoms with E-state index >= 15 is 0 Å². The van der Waals surface area contributed by atoms with Crippen molar-refractivity contribution in [2.45, 2.75) is 70.6 Å². The standard InChI is InChI=1S/C23H33N5O/c1-16-22(17(2)29-27-16)11-12-25-23(24-3)26-19-13-20-9-10-21(14-19)28(20)15-18-7-5-4-6-8-18/h4-8,19-21H,9-15H2,1-3H3,(H2,24,25,26). The number of benzene rings is 1. The van der Waals surface area contributed by atoms with Crippen molar-refractivity contribution in [2.75, 3.05) is 13.6 Å². The molecule has 6 nitrogen and oxygen atoms in total. The van der Waals surface area contributed by atoms with E-state index in [1.54, 1.807) is 0 Å². The fourth-order valence-corrected chi connectivity index (χ4v) is 5.00. The maximum absolute atomic E-state index is 5.26. The Balaban J connectivity index is 1.28. The highest BCUT2D eigenvalue weighted by atomic mass is 16.5. The molecule has 0 saturated carbocycles. The molecule has 2 aliphatic rings. The summed E-state index contributed by atoms with van der Waals surface area (Å²) in [6, 6.07) is 12.7. The highest BCUT2D eigenvalue weighted by Gasteiger charge is 2.40. The zero-order chi connectivity index (χ0) is 20.2. The van der Waals surface area contributed by atoms with Crippen molar-refractivity contribution in [3.05, 3.63) is 52.9 Å². The lowest BCUT2D eigenvalue weighted by Gasteiger charge is -2.39. The molecular formula is C23H33N5O. The first-order chi connectivity index (χ1) is 14.1. The lowest BCUT2D eigenvalue weighted by Crippen LogP contribution is -2.52. The van der Waals surface area contributed by atoms with Gasteiger partial charge in [-0.25, -0.2) is 0 Å². The molecule has 1 aromatic carbocycles. The molecule has 156 valence electrons. The minimum Gasteiger partial charge on any atom is -0.361 e. The van der Waals surface area contributed by atoms with Crippen LogP contribution in [-0.2, 0) is 13.0 Å². The van der Waals surface area contributed by atoms with Crippen molar-refractivity contribution in [3.8, 4) is 0 Å². The van der Waals surface area contributed by atoms with E-state index in [0.29, 0.717) is 18.1 Å². The Morgan fingerprint density at radius 3 is 2.52 bits per heavy atom. The van der Waals surface area contributed by atoms with Crippen molar-refractivity contribution < 1.29 is 4.52 Å². The summed E-state index contributed by atoms with van der Waals surface area (Å²) in [6.07, 6.45) is 5.89. The zero-order valence-corrected chi connectivity index (χ0v) is 17.8. The third kappa shape index (κ3) is 4.64. The molecule has 4 rings (SSSR count). The predicted molar refractivity (Wildman–Crippen MR) is 116 cm³/mol. The van der Waals surface area contributed by atoms with E-state index in [9.17, 15) is 0 Å². The van der Waals surface area contributed by atoms with E-state index in [1.807, 2.05) is 20.9 Å². The third-order valence-electron chi connectivity index (χ3n) is 6.51. The van der Waals surface area contributed by atoms with Crippen LogP contribution in [0.4, 0.5) is 0 Å². The van der Waals surface area contributed by atoms with E-state index in [0.717, 1.165) is 36.9 Å². The van der Waals surface area contributed by atoms with Crippen LogP contribution in [0.3, 0.4) is 0 Å². The van der Waals surface area contributed by atoms with Crippen molar-refractivity contribution in [1.82, 2.24) is 20.7 Å². The zero-order valence-electron chi connectivity index (χ0n) is 17.8. The summed E-state index contributed by atoms with van der Waals surface area (Å²) >= 11 is 0. The lowest BCUT2D eigenvalue weighted by atomic mass is 9.96. The molecule has 2 aliphatic heterocycles. The second-order valence-electron chi connectivity index (χ2n) is 8.41. The summed E-state index contributed by atoms with van der Waals surface area (Å²) in [5.74, 6) is 1.81. The van der Waals surface area contributed by atoms with Crippen LogP contribution in [0.15, 0.2) is 39.8 Å². The highest BCUT2D eigenvalue weighted by molar-refractivity contribution is 5.80. The van der Waals surface area contributed by atoms with Gasteiger partial charge in [-0.05, 0) is 51.5 Å². The molecular weight excluding hydrogens is 362 g/mol. The van der Waals surface area contributed by atoms with Gasteiger partial charge in [0, 0.05) is 43.8 Å². The molecule has 0 spiro atoms. The van der Waals surface area contributed by atoms with E-state index in [2.05, 4.69) is 56.0 Å². The number of aromatic nitrogens is 1. The molecule has 2 saturated heterocycles. The summed E-state index contributed by atoms with van der Waals surface area (Å²) in [4.78, 5) is 7.17. The van der Waals surface area contributed by atoms with Gasteiger partial charge in [0.25, 0.3) is 0 Å². The molecule has 1 aromatic heterocycles. The van der Waals surface area contributed by atoms with Crippen molar-refractivity contribution in [2.24, 2.45) is 4.99 Å². The molecule has 0 amide bonds. The van der Waals surface area contributed by atoms with Crippen LogP contribution in [0.1, 0.15) is 48.3 Å². The Bertz CT molecular complexity index is 798. The van der Waals surface area contributed by atoms with Crippen LogP contribution in [0.25, 0.3) is 0 Å². The Hall–Kier alpha value is -2.34. The highest BCUT2D eigenvalue weighted by Crippen LogP contribution is 2.36. The first-order valence-corrected chi connectivity index (χ1v) is 10.8. The first-order valence-electron chi connectivity index (χ1n) is 10.8. The molecule has 0 aliphatic carbocycles. The largest absolute Gasteiger partial charge is 0.361 e. The monoisotopic (exact) mass is 395 g/mol. The first kappa shape index (κ1) is 20.0. The van der Waals surface area contributed by atoms with Gasteiger partial charge < -0.3 is 15.2 Å². The third-order valence-corrected chi connectivity index (χ3v) is 6.51. The van der Waals surface area contributed by atoms with E-state index in [4.69, 9.17) is 4.52 Å². The van der Waals surface area contributed by atoms with Crippen LogP contribution in [0, 0.1) is 13.8 Å². The van der Waals surface area contributed by atoms with Gasteiger partial charge in [0.2, 0.25) is 0 Å². The minimum absolute atomic E-state index is 0.491. The van der Waals surface area contributed by atoms with Crippen LogP contribution >= 0.6 is 0 Å². The molecule has 6 heteroatoms. The number of hydrogen-bond acceptors (Lipinski definition) is 4. The van der Waals surface area contributed by atoms with Gasteiger partial charge in [-0.3, -0.25) is 9.89 Å². The molecule has 3 heterocycles. The van der Waals surface area contributed by atoms with E-state index < -0.39 is 0 Å². The number of piperidine rings is 1. The van der Waals surface area contributed by atoms with Crippen molar-refractivity contribution in [1.29, 1.82) is 0 Å². The molecule has 29 heavy (non-hydrogen) atoms. The van der Waals surface area contributed by atoms with Gasteiger partial charge in [0.05, 0.1) is 5.69 Å². The molecule has 2 unspecified atom stereocenters. The number of fused-ring (bicyclic) bond motifs is 2. The Morgan fingerprint density at radius 1 is 1.17 bits per heavy atom. The van der Waals surface area contributed by atoms with Crippen LogP contribution in [0.2, 0.25) is 0 Å². The Morgan fingerprint density at radius 2 is 1.90 bits per heavy atom. The quantitative estimate of drug-likeness (QED) is 0.581. The Kier molecular flexibility index (Phi) is 6.19. The van der Waals surface area contributed by atoms with Gasteiger partial charge >= 0.3 is 0 Å². The number of aliphatic imine (C=N–C) groups is 1. The average Bonchev–Trinajstić information content (AvgIpc) is 3.16. The number of nitrogens with one attached hydrogen (secondary N) is 2. The number of guanidine groups is 1. The van der Waals surface area contributed by atoms with Gasteiger partial charge in [-0.2, -0.15) is 0 Å². The van der Waals surface area contributed by atoms with Crippen molar-refractivity contribution >= 4 is 5.96 Å². The van der Waals surface area contributed by atoms with Crippen LogP contribution in [0.5, 0.6) is 0 Å². The number of nitrogens with zero attached hydrogens (tertiary/aromatic N) is 3. The van der Waals surface area contributed by atoms with Gasteiger partial charge in [-0.15, -0.1) is 0 Å². The number of aryl methyl sites for hydroxylation is 2. The smallest absolute Gasteiger partial charge is 0.191 e. The summed E-state index contributed by atoms with van der Waals surface area (Å²) in [5, 5.41) is 11.2. The molecule has 2 N–H and O–H groups in total. The van der Waals surface area contributed by atoms with Gasteiger partial charge in [0.15, 0.2) is 5.96 Å². The lowest BCUT2D eigenvalue weighted by molar-refractivity contribution is 0.114. The number of hydrogen-bond donors (Lipinski definition) is 2. The second kappa shape index (κ2) is 8.99. The second-order valence-corrected chi connectivity index (χ2v) is 8.41. The fraction of sp³-hybridized carbons (Fsp3) is 0.565. The minimum atomic E-state index is 0.491. The molecule has 2 fully saturated rings. The SMILES string of the molecule is CN=C(NCCc1c(C)noc1C)NC1CC2CCC(C1)N2Cc1ccccc1. The Labute approximate surface area is 173 Å². The summed E-state index contributed by atoms with van der Waals surface area (Å²) in [6.45, 7) is 5.87. The molecule has 0 radical (unpaired) electrons. The predicted octanol–water partition coefficient (Wildman–Crippen LogP) is 3.19. The summed E-state index contributed by atoms with van der Waals surface area (Å²) in [7, 11) is 1.85. The van der Waals surface area contributed by atoms with Crippen molar-refractivity contribution in [3.63, 3.8) is 0 Å². The van der Waals surface area contributed by atoms with Crippen LogP contribution in [-0.4, -0.2) is 47.7 Å². The van der Waals surface area contributed by atoms with E-state index in [1.165, 1.54) is 36.8 Å². The van der Waals surface area contributed by atoms with Gasteiger partial charge in [0.1, 0.15) is 5.76 Å². The maximum Gasteiger partial charge on any atom is 0.191 e. The van der Waals surface area contributed by atoms with Gasteiger partial charge in [-0.1, -0.05) is 35.5 Å². The average molecular weight is 396 g/mol. The molecule has 2 bridgehead atoms. The fourth-order valence-electron chi connectivity index (χ4n) is 5.00. The topological polar surface area (TPSA) is 65.7 Å². The van der Waals surface area contributed by atoms with Crippen LogP contribution < -0.4 is 10.6 Å². The van der Waals surface area contributed by atoms with E-state index in [-0.39, 0.29) is 0 Å². The normalized spacial score (nSPS) is 24.7. The summed E-state index contributed by atoms with van der Waals surface area (Å²) < 4.78 is 5.26. The maximum atomic E-state index is 5.26.